The number of fused-ring (bicyclic) bond motifs is 1. The maximum absolute atomic E-state index is 13.4. The van der Waals surface area contributed by atoms with Crippen LogP contribution in [0.25, 0.3) is 0 Å². The normalized spacial score (nSPS) is 22.0. The second kappa shape index (κ2) is 9.17. The first-order valence-electron chi connectivity index (χ1n) is 10.4. The molecule has 2 amide bonds. The molecule has 0 N–H and O–H groups in total. The van der Waals surface area contributed by atoms with Crippen molar-refractivity contribution < 1.29 is 19.1 Å². The molecule has 1 fully saturated rings. The van der Waals surface area contributed by atoms with Crippen LogP contribution in [0.5, 0.6) is 11.5 Å². The van der Waals surface area contributed by atoms with Crippen LogP contribution < -0.4 is 9.47 Å². The molecule has 29 heavy (non-hydrogen) atoms. The molecule has 2 aliphatic rings. The molecule has 156 valence electrons. The number of nitrogens with zero attached hydrogens (tertiary/aromatic N) is 3. The van der Waals surface area contributed by atoms with E-state index in [0.29, 0.717) is 30.9 Å². The number of carbonyl (C=O) groups is 2. The number of amides is 2. The van der Waals surface area contributed by atoms with Crippen LogP contribution in [0.15, 0.2) is 18.2 Å². The Morgan fingerprint density at radius 1 is 1.21 bits per heavy atom. The van der Waals surface area contributed by atoms with Crippen LogP contribution in [0.2, 0.25) is 0 Å². The minimum atomic E-state index is -0.620. The molecule has 0 spiro atoms. The molecule has 0 aliphatic carbocycles. The Labute approximate surface area is 172 Å². The number of nitriles is 1. The molecule has 7 nitrogen and oxygen atoms in total. The van der Waals surface area contributed by atoms with Crippen molar-refractivity contribution in [2.75, 3.05) is 13.3 Å². The topological polar surface area (TPSA) is 82.9 Å². The van der Waals surface area contributed by atoms with Crippen LogP contribution in [0.4, 0.5) is 0 Å². The molecule has 0 aromatic heterocycles. The summed E-state index contributed by atoms with van der Waals surface area (Å²) < 4.78 is 10.9. The van der Waals surface area contributed by atoms with Crippen molar-refractivity contribution in [1.29, 1.82) is 5.26 Å². The number of rotatable bonds is 8. The van der Waals surface area contributed by atoms with E-state index >= 15 is 0 Å². The van der Waals surface area contributed by atoms with E-state index in [1.54, 1.807) is 16.7 Å². The minimum Gasteiger partial charge on any atom is -0.454 e. The third-order valence-corrected chi connectivity index (χ3v) is 5.77. The van der Waals surface area contributed by atoms with Crippen LogP contribution in [-0.2, 0) is 9.59 Å². The van der Waals surface area contributed by atoms with Crippen molar-refractivity contribution in [1.82, 2.24) is 9.80 Å². The largest absolute Gasteiger partial charge is 0.454 e. The molecule has 2 heterocycles. The lowest BCUT2D eigenvalue weighted by Crippen LogP contribution is -2.64. The highest BCUT2D eigenvalue weighted by Gasteiger charge is 2.46. The number of unbranched alkanes of at least 4 members (excludes halogenated alkanes) is 1. The molecular formula is C22H29N3O4. The van der Waals surface area contributed by atoms with Crippen molar-refractivity contribution in [3.8, 4) is 17.6 Å². The molecule has 0 radical (unpaired) electrons. The van der Waals surface area contributed by atoms with E-state index in [0.717, 1.165) is 18.4 Å². The summed E-state index contributed by atoms with van der Waals surface area (Å²) in [6.07, 6.45) is 3.04. The number of carbonyl (C=O) groups excluding carboxylic acids is 2. The van der Waals surface area contributed by atoms with Gasteiger partial charge in [0.1, 0.15) is 12.1 Å². The molecule has 0 unspecified atom stereocenters. The van der Waals surface area contributed by atoms with Crippen LogP contribution >= 0.6 is 0 Å². The quantitative estimate of drug-likeness (QED) is 0.669. The number of piperazine rings is 1. The Hall–Kier alpha value is -2.75. The fourth-order valence-electron chi connectivity index (χ4n) is 4.18. The van der Waals surface area contributed by atoms with Crippen molar-refractivity contribution in [2.45, 2.75) is 71.0 Å². The van der Waals surface area contributed by atoms with Gasteiger partial charge < -0.3 is 19.3 Å². The highest BCUT2D eigenvalue weighted by molar-refractivity contribution is 5.97. The highest BCUT2D eigenvalue weighted by atomic mass is 16.7. The Bertz CT molecular complexity index is 804. The van der Waals surface area contributed by atoms with Gasteiger partial charge in [0.2, 0.25) is 18.6 Å². The lowest BCUT2D eigenvalue weighted by Gasteiger charge is -2.47. The maximum Gasteiger partial charge on any atom is 0.246 e. The van der Waals surface area contributed by atoms with Gasteiger partial charge in [-0.1, -0.05) is 26.3 Å². The smallest absolute Gasteiger partial charge is 0.246 e. The fourth-order valence-corrected chi connectivity index (χ4v) is 4.18. The van der Waals surface area contributed by atoms with Crippen LogP contribution in [0.3, 0.4) is 0 Å². The van der Waals surface area contributed by atoms with E-state index in [9.17, 15) is 9.59 Å². The van der Waals surface area contributed by atoms with E-state index in [1.807, 2.05) is 25.1 Å². The molecule has 3 atom stereocenters. The van der Waals surface area contributed by atoms with Crippen molar-refractivity contribution in [3.63, 3.8) is 0 Å². The standard InChI is InChI=1S/C22H29N3O4/c1-4-6-12-24-15(3)21(26)25(18(22(24)27)8-7-11-23)17(5-2)16-9-10-19-20(13-16)29-14-28-19/h9-10,13,15,17-18H,4-8,12,14H2,1-3H3/t15-,17-,18+/m1/s1. The van der Waals surface area contributed by atoms with Gasteiger partial charge in [-0.3, -0.25) is 9.59 Å². The average molecular weight is 399 g/mol. The van der Waals surface area contributed by atoms with Crippen molar-refractivity contribution in [2.24, 2.45) is 0 Å². The van der Waals surface area contributed by atoms with Gasteiger partial charge in [0.15, 0.2) is 11.5 Å². The zero-order valence-corrected chi connectivity index (χ0v) is 17.4. The Balaban J connectivity index is 1.95. The van der Waals surface area contributed by atoms with Crippen LogP contribution in [-0.4, -0.2) is 47.0 Å². The van der Waals surface area contributed by atoms with Gasteiger partial charge in [-0.25, -0.2) is 0 Å². The second-order valence-corrected chi connectivity index (χ2v) is 7.56. The fraction of sp³-hybridized carbons (Fsp3) is 0.591. The second-order valence-electron chi connectivity index (χ2n) is 7.56. The summed E-state index contributed by atoms with van der Waals surface area (Å²) in [5.74, 6) is 1.22. The monoisotopic (exact) mass is 399 g/mol. The Morgan fingerprint density at radius 3 is 2.66 bits per heavy atom. The summed E-state index contributed by atoms with van der Waals surface area (Å²) in [4.78, 5) is 30.1. The van der Waals surface area contributed by atoms with E-state index in [4.69, 9.17) is 14.7 Å². The maximum atomic E-state index is 13.4. The third kappa shape index (κ3) is 4.02. The molecule has 2 aliphatic heterocycles. The predicted octanol–water partition coefficient (Wildman–Crippen LogP) is 3.40. The van der Waals surface area contributed by atoms with E-state index in [1.165, 1.54) is 0 Å². The zero-order valence-electron chi connectivity index (χ0n) is 17.4. The lowest BCUT2D eigenvalue weighted by molar-refractivity contribution is -0.164. The summed E-state index contributed by atoms with van der Waals surface area (Å²) in [5.41, 5.74) is 0.911. The molecule has 1 aromatic carbocycles. The van der Waals surface area contributed by atoms with Gasteiger partial charge >= 0.3 is 0 Å². The van der Waals surface area contributed by atoms with Gasteiger partial charge in [-0.2, -0.15) is 5.26 Å². The summed E-state index contributed by atoms with van der Waals surface area (Å²) in [5, 5.41) is 9.10. The molecule has 0 bridgehead atoms. The van der Waals surface area contributed by atoms with Gasteiger partial charge in [0, 0.05) is 13.0 Å². The summed E-state index contributed by atoms with van der Waals surface area (Å²) in [6, 6.07) is 6.40. The summed E-state index contributed by atoms with van der Waals surface area (Å²) in [7, 11) is 0. The van der Waals surface area contributed by atoms with Crippen LogP contribution in [0, 0.1) is 11.3 Å². The molecule has 1 aromatic rings. The predicted molar refractivity (Wildman–Crippen MR) is 107 cm³/mol. The molecule has 1 saturated heterocycles. The van der Waals surface area contributed by atoms with E-state index < -0.39 is 12.1 Å². The Kier molecular flexibility index (Phi) is 6.63. The van der Waals surface area contributed by atoms with Crippen molar-refractivity contribution in [3.05, 3.63) is 23.8 Å². The first-order chi connectivity index (χ1) is 14.0. The minimum absolute atomic E-state index is 0.0556. The Morgan fingerprint density at radius 2 is 1.97 bits per heavy atom. The summed E-state index contributed by atoms with van der Waals surface area (Å²) in [6.45, 7) is 6.62. The zero-order chi connectivity index (χ0) is 21.0. The SMILES string of the molecule is CCCCN1C(=O)[C@H](CCC#N)N([C@H](CC)c2ccc3c(c2)OCO3)C(=O)[C@H]1C. The molecular weight excluding hydrogens is 370 g/mol. The first-order valence-corrected chi connectivity index (χ1v) is 10.4. The van der Waals surface area contributed by atoms with Crippen molar-refractivity contribution >= 4 is 11.8 Å². The number of ether oxygens (including phenoxy) is 2. The lowest BCUT2D eigenvalue weighted by atomic mass is 9.93. The molecule has 0 saturated carbocycles. The van der Waals surface area contributed by atoms with E-state index in [-0.39, 0.29) is 31.1 Å². The number of hydrogen-bond donors (Lipinski definition) is 0. The third-order valence-electron chi connectivity index (χ3n) is 5.77. The average Bonchev–Trinajstić information content (AvgIpc) is 3.19. The van der Waals surface area contributed by atoms with Gasteiger partial charge in [-0.05, 0) is 43.9 Å². The summed E-state index contributed by atoms with van der Waals surface area (Å²) >= 11 is 0. The van der Waals surface area contributed by atoms with Crippen LogP contribution in [0.1, 0.15) is 64.5 Å². The van der Waals surface area contributed by atoms with Gasteiger partial charge in [-0.15, -0.1) is 0 Å². The first kappa shape index (κ1) is 21.0. The number of hydrogen-bond acceptors (Lipinski definition) is 5. The van der Waals surface area contributed by atoms with E-state index in [2.05, 4.69) is 13.0 Å². The highest BCUT2D eigenvalue weighted by Crippen LogP contribution is 2.39. The molecule has 3 rings (SSSR count). The number of benzene rings is 1. The molecule has 7 heteroatoms. The van der Waals surface area contributed by atoms with Gasteiger partial charge in [0.25, 0.3) is 0 Å². The van der Waals surface area contributed by atoms with Gasteiger partial charge in [0.05, 0.1) is 12.1 Å².